The maximum atomic E-state index is 5.87. The molecule has 18 heavy (non-hydrogen) atoms. The fourth-order valence-electron chi connectivity index (χ4n) is 2.39. The van der Waals surface area contributed by atoms with E-state index in [9.17, 15) is 0 Å². The van der Waals surface area contributed by atoms with Gasteiger partial charge in [-0.2, -0.15) is 0 Å². The lowest BCUT2D eigenvalue weighted by molar-refractivity contribution is 0.0293. The Hall–Kier alpha value is -0.320. The lowest BCUT2D eigenvalue weighted by Crippen LogP contribution is -2.26. The molecule has 102 valence electrons. The molecule has 0 bridgehead atoms. The smallest absolute Gasteiger partial charge is 0.169 e. The molecule has 1 saturated carbocycles. The van der Waals surface area contributed by atoms with Gasteiger partial charge in [0.2, 0.25) is 0 Å². The molecule has 3 nitrogen and oxygen atoms in total. The first-order chi connectivity index (χ1) is 8.75. The van der Waals surface area contributed by atoms with Crippen molar-refractivity contribution in [2.24, 2.45) is 0 Å². The number of furan rings is 1. The highest BCUT2D eigenvalue weighted by Crippen LogP contribution is 2.21. The van der Waals surface area contributed by atoms with Crippen LogP contribution in [0.15, 0.2) is 21.2 Å². The van der Waals surface area contributed by atoms with Crippen molar-refractivity contribution in [3.8, 4) is 0 Å². The van der Waals surface area contributed by atoms with Crippen LogP contribution in [0.5, 0.6) is 0 Å². The Morgan fingerprint density at radius 2 is 2.17 bits per heavy atom. The van der Waals surface area contributed by atoms with Crippen LogP contribution in [0.3, 0.4) is 0 Å². The van der Waals surface area contributed by atoms with Crippen molar-refractivity contribution in [1.29, 1.82) is 0 Å². The summed E-state index contributed by atoms with van der Waals surface area (Å²) in [5.74, 6) is 0.958. The molecule has 0 aromatic carbocycles. The van der Waals surface area contributed by atoms with Gasteiger partial charge in [-0.25, -0.2) is 0 Å². The van der Waals surface area contributed by atoms with E-state index in [1.807, 2.05) is 12.1 Å². The topological polar surface area (TPSA) is 34.4 Å². The second-order valence-corrected chi connectivity index (χ2v) is 5.73. The monoisotopic (exact) mass is 315 g/mol. The van der Waals surface area contributed by atoms with Crippen molar-refractivity contribution in [3.05, 3.63) is 22.6 Å². The second-order valence-electron chi connectivity index (χ2n) is 4.95. The van der Waals surface area contributed by atoms with Crippen molar-refractivity contribution in [3.63, 3.8) is 0 Å². The highest BCUT2D eigenvalue weighted by Gasteiger charge is 2.14. The number of nitrogens with one attached hydrogen (secondary N) is 1. The Kier molecular flexibility index (Phi) is 5.73. The largest absolute Gasteiger partial charge is 0.453 e. The quantitative estimate of drug-likeness (QED) is 0.804. The molecule has 2 rings (SSSR count). The second kappa shape index (κ2) is 7.31. The van der Waals surface area contributed by atoms with Gasteiger partial charge in [0.15, 0.2) is 4.67 Å². The molecule has 1 atom stereocenters. The minimum atomic E-state index is 0.228. The van der Waals surface area contributed by atoms with E-state index in [0.29, 0.717) is 6.10 Å². The summed E-state index contributed by atoms with van der Waals surface area (Å²) >= 11 is 3.32. The molecule has 1 unspecified atom stereocenters. The summed E-state index contributed by atoms with van der Waals surface area (Å²) in [5.41, 5.74) is 0. The number of ether oxygens (including phenoxy) is 1. The lowest BCUT2D eigenvalue weighted by Gasteiger charge is -2.22. The molecular weight excluding hydrogens is 294 g/mol. The number of hydrogen-bond donors (Lipinski definition) is 1. The van der Waals surface area contributed by atoms with Crippen molar-refractivity contribution >= 4 is 15.9 Å². The van der Waals surface area contributed by atoms with Crippen molar-refractivity contribution in [1.82, 2.24) is 5.32 Å². The van der Waals surface area contributed by atoms with Gasteiger partial charge in [-0.3, -0.25) is 0 Å². The van der Waals surface area contributed by atoms with E-state index in [1.165, 1.54) is 32.1 Å². The Morgan fingerprint density at radius 1 is 1.39 bits per heavy atom. The molecule has 1 aromatic rings. The zero-order valence-electron chi connectivity index (χ0n) is 11.0. The van der Waals surface area contributed by atoms with Crippen LogP contribution in [-0.4, -0.2) is 19.3 Å². The number of hydrogen-bond acceptors (Lipinski definition) is 3. The SMILES string of the molecule is CC(NCCOC1CCCCC1)c1ccc(Br)o1. The lowest BCUT2D eigenvalue weighted by atomic mass is 9.98. The average molecular weight is 316 g/mol. The van der Waals surface area contributed by atoms with Gasteiger partial charge in [0.05, 0.1) is 18.8 Å². The summed E-state index contributed by atoms with van der Waals surface area (Å²) < 4.78 is 12.2. The van der Waals surface area contributed by atoms with E-state index in [1.54, 1.807) is 0 Å². The minimum Gasteiger partial charge on any atom is -0.453 e. The average Bonchev–Trinajstić information content (AvgIpc) is 2.82. The van der Waals surface area contributed by atoms with Crippen LogP contribution >= 0.6 is 15.9 Å². The molecule has 0 amide bonds. The van der Waals surface area contributed by atoms with Crippen LogP contribution in [0, 0.1) is 0 Å². The summed E-state index contributed by atoms with van der Waals surface area (Å²) in [5, 5.41) is 3.41. The first-order valence-corrected chi connectivity index (χ1v) is 7.65. The Balaban J connectivity index is 1.60. The van der Waals surface area contributed by atoms with Crippen LogP contribution in [0.2, 0.25) is 0 Å². The van der Waals surface area contributed by atoms with Gasteiger partial charge in [0.1, 0.15) is 5.76 Å². The van der Waals surface area contributed by atoms with E-state index >= 15 is 0 Å². The van der Waals surface area contributed by atoms with Gasteiger partial charge in [-0.1, -0.05) is 19.3 Å². The fraction of sp³-hybridized carbons (Fsp3) is 0.714. The van der Waals surface area contributed by atoms with Crippen LogP contribution in [0.25, 0.3) is 0 Å². The predicted octanol–water partition coefficient (Wildman–Crippen LogP) is 4.04. The highest BCUT2D eigenvalue weighted by molar-refractivity contribution is 9.10. The molecule has 1 fully saturated rings. The minimum absolute atomic E-state index is 0.228. The van der Waals surface area contributed by atoms with Gasteiger partial charge < -0.3 is 14.5 Å². The summed E-state index contributed by atoms with van der Waals surface area (Å²) in [4.78, 5) is 0. The van der Waals surface area contributed by atoms with E-state index in [-0.39, 0.29) is 6.04 Å². The summed E-state index contributed by atoms with van der Waals surface area (Å²) in [6.45, 7) is 3.76. The summed E-state index contributed by atoms with van der Waals surface area (Å²) in [7, 11) is 0. The van der Waals surface area contributed by atoms with Crippen molar-refractivity contribution in [2.75, 3.05) is 13.2 Å². The van der Waals surface area contributed by atoms with Crippen LogP contribution in [0.1, 0.15) is 50.8 Å². The summed E-state index contributed by atoms with van der Waals surface area (Å²) in [6, 6.07) is 4.14. The molecule has 1 heterocycles. The Morgan fingerprint density at radius 3 is 2.83 bits per heavy atom. The molecule has 0 saturated heterocycles. The molecule has 4 heteroatoms. The molecule has 0 spiro atoms. The van der Waals surface area contributed by atoms with E-state index in [0.717, 1.165) is 23.6 Å². The van der Waals surface area contributed by atoms with E-state index in [2.05, 4.69) is 28.2 Å². The standard InChI is InChI=1S/C14H22BrNO2/c1-11(13-7-8-14(15)18-13)16-9-10-17-12-5-3-2-4-6-12/h7-8,11-12,16H,2-6,9-10H2,1H3. The molecule has 0 aliphatic heterocycles. The van der Waals surface area contributed by atoms with Gasteiger partial charge in [0.25, 0.3) is 0 Å². The molecular formula is C14H22BrNO2. The van der Waals surface area contributed by atoms with Gasteiger partial charge in [-0.05, 0) is 47.8 Å². The normalized spacial score (nSPS) is 19.0. The third kappa shape index (κ3) is 4.41. The van der Waals surface area contributed by atoms with Crippen LogP contribution < -0.4 is 5.32 Å². The maximum Gasteiger partial charge on any atom is 0.169 e. The zero-order valence-corrected chi connectivity index (χ0v) is 12.5. The predicted molar refractivity (Wildman–Crippen MR) is 75.7 cm³/mol. The van der Waals surface area contributed by atoms with Crippen molar-refractivity contribution in [2.45, 2.75) is 51.2 Å². The molecule has 1 aliphatic rings. The zero-order chi connectivity index (χ0) is 12.8. The first-order valence-electron chi connectivity index (χ1n) is 6.86. The van der Waals surface area contributed by atoms with E-state index in [4.69, 9.17) is 9.15 Å². The molecule has 1 N–H and O–H groups in total. The Bertz CT molecular complexity index is 347. The first kappa shape index (κ1) is 14.1. The summed E-state index contributed by atoms with van der Waals surface area (Å²) in [6.07, 6.45) is 7.00. The third-order valence-corrected chi connectivity index (χ3v) is 3.91. The van der Waals surface area contributed by atoms with Crippen molar-refractivity contribution < 1.29 is 9.15 Å². The number of halogens is 1. The fourth-order valence-corrected chi connectivity index (χ4v) is 2.71. The molecule has 1 aliphatic carbocycles. The van der Waals surface area contributed by atoms with Crippen LogP contribution in [0.4, 0.5) is 0 Å². The van der Waals surface area contributed by atoms with E-state index < -0.39 is 0 Å². The Labute approximate surface area is 117 Å². The van der Waals surface area contributed by atoms with Gasteiger partial charge >= 0.3 is 0 Å². The molecule has 1 aromatic heterocycles. The maximum absolute atomic E-state index is 5.87. The van der Waals surface area contributed by atoms with Gasteiger partial charge in [-0.15, -0.1) is 0 Å². The highest BCUT2D eigenvalue weighted by atomic mass is 79.9. The molecule has 0 radical (unpaired) electrons. The van der Waals surface area contributed by atoms with Gasteiger partial charge in [0, 0.05) is 6.54 Å². The third-order valence-electron chi connectivity index (χ3n) is 3.48. The van der Waals surface area contributed by atoms with Crippen LogP contribution in [-0.2, 0) is 4.74 Å². The number of rotatable bonds is 6.